The number of halogens is 1. The Balaban J connectivity index is 2.23. The molecule has 0 aliphatic carbocycles. The summed E-state index contributed by atoms with van der Waals surface area (Å²) in [5, 5.41) is 2.98. The van der Waals surface area contributed by atoms with Gasteiger partial charge in [0, 0.05) is 24.7 Å². The number of benzene rings is 1. The van der Waals surface area contributed by atoms with Crippen LogP contribution in [0, 0.1) is 6.92 Å². The van der Waals surface area contributed by atoms with Crippen LogP contribution in [0.3, 0.4) is 0 Å². The summed E-state index contributed by atoms with van der Waals surface area (Å²) in [6.45, 7) is 3.34. The van der Waals surface area contributed by atoms with E-state index in [0.717, 1.165) is 11.3 Å². The van der Waals surface area contributed by atoms with E-state index in [-0.39, 0.29) is 11.1 Å². The SMILES string of the molecule is CC(=O)Nc1ccc(Oc2cc(N)nc(Cl)c2)c(C)c1. The minimum Gasteiger partial charge on any atom is -0.457 e. The first-order valence-corrected chi connectivity index (χ1v) is 6.31. The first-order chi connectivity index (χ1) is 9.44. The number of aryl methyl sites for hydroxylation is 1. The van der Waals surface area contributed by atoms with Crippen LogP contribution in [-0.2, 0) is 4.79 Å². The second kappa shape index (κ2) is 5.79. The van der Waals surface area contributed by atoms with Crippen LogP contribution in [0.4, 0.5) is 11.5 Å². The molecule has 6 heteroatoms. The fraction of sp³-hybridized carbons (Fsp3) is 0.143. The smallest absolute Gasteiger partial charge is 0.221 e. The highest BCUT2D eigenvalue weighted by Gasteiger charge is 2.06. The Morgan fingerprint density at radius 2 is 2.10 bits per heavy atom. The predicted octanol–water partition coefficient (Wildman–Crippen LogP) is 3.38. The fourth-order valence-corrected chi connectivity index (χ4v) is 1.93. The molecule has 0 saturated heterocycles. The van der Waals surface area contributed by atoms with Crippen LogP contribution in [0.2, 0.25) is 5.15 Å². The van der Waals surface area contributed by atoms with Gasteiger partial charge in [-0.3, -0.25) is 4.79 Å². The molecular weight excluding hydrogens is 278 g/mol. The van der Waals surface area contributed by atoms with Crippen molar-refractivity contribution < 1.29 is 9.53 Å². The molecule has 1 aromatic heterocycles. The zero-order valence-electron chi connectivity index (χ0n) is 11.1. The highest BCUT2D eigenvalue weighted by molar-refractivity contribution is 6.29. The lowest BCUT2D eigenvalue weighted by Crippen LogP contribution is -2.05. The van der Waals surface area contributed by atoms with Crippen molar-refractivity contribution in [2.75, 3.05) is 11.1 Å². The number of nitrogens with two attached hydrogens (primary N) is 1. The van der Waals surface area contributed by atoms with Gasteiger partial charge in [-0.15, -0.1) is 0 Å². The zero-order valence-corrected chi connectivity index (χ0v) is 11.9. The largest absolute Gasteiger partial charge is 0.457 e. The van der Waals surface area contributed by atoms with Crippen molar-refractivity contribution in [2.45, 2.75) is 13.8 Å². The van der Waals surface area contributed by atoms with Gasteiger partial charge in [-0.25, -0.2) is 4.98 Å². The van der Waals surface area contributed by atoms with E-state index in [1.165, 1.54) is 6.92 Å². The number of aromatic nitrogens is 1. The fourth-order valence-electron chi connectivity index (χ4n) is 1.72. The van der Waals surface area contributed by atoms with Gasteiger partial charge in [-0.2, -0.15) is 0 Å². The van der Waals surface area contributed by atoms with Crippen LogP contribution < -0.4 is 15.8 Å². The standard InChI is InChI=1S/C14H14ClN3O2/c1-8-5-10(17-9(2)19)3-4-12(8)20-11-6-13(15)18-14(16)7-11/h3-7H,1-2H3,(H2,16,18)(H,17,19). The molecule has 3 N–H and O–H groups in total. The maximum absolute atomic E-state index is 11.0. The molecule has 0 atom stereocenters. The maximum Gasteiger partial charge on any atom is 0.221 e. The Labute approximate surface area is 121 Å². The molecule has 0 aliphatic rings. The van der Waals surface area contributed by atoms with E-state index >= 15 is 0 Å². The molecule has 2 aromatic rings. The summed E-state index contributed by atoms with van der Waals surface area (Å²) in [6.07, 6.45) is 0. The second-order valence-electron chi connectivity index (χ2n) is 4.31. The molecule has 20 heavy (non-hydrogen) atoms. The Morgan fingerprint density at radius 3 is 2.70 bits per heavy atom. The summed E-state index contributed by atoms with van der Waals surface area (Å²) < 4.78 is 5.71. The Kier molecular flexibility index (Phi) is 4.10. The number of nitrogens with zero attached hydrogens (tertiary/aromatic N) is 1. The summed E-state index contributed by atoms with van der Waals surface area (Å²) in [7, 11) is 0. The van der Waals surface area contributed by atoms with Crippen molar-refractivity contribution in [3.63, 3.8) is 0 Å². The monoisotopic (exact) mass is 291 g/mol. The number of carbonyl (C=O) groups excluding carboxylic acids is 1. The normalized spacial score (nSPS) is 10.2. The number of carbonyl (C=O) groups is 1. The van der Waals surface area contributed by atoms with Gasteiger partial charge in [-0.05, 0) is 30.7 Å². The van der Waals surface area contributed by atoms with Crippen LogP contribution in [-0.4, -0.2) is 10.9 Å². The van der Waals surface area contributed by atoms with Crippen LogP contribution in [0.1, 0.15) is 12.5 Å². The van der Waals surface area contributed by atoms with Crippen LogP contribution in [0.25, 0.3) is 0 Å². The number of pyridine rings is 1. The summed E-state index contributed by atoms with van der Waals surface area (Å²) in [5.41, 5.74) is 7.20. The molecule has 0 fully saturated rings. The summed E-state index contributed by atoms with van der Waals surface area (Å²) in [6, 6.07) is 8.52. The lowest BCUT2D eigenvalue weighted by molar-refractivity contribution is -0.114. The molecule has 0 aliphatic heterocycles. The molecule has 1 amide bonds. The van der Waals surface area contributed by atoms with Crippen molar-refractivity contribution >= 4 is 29.0 Å². The highest BCUT2D eigenvalue weighted by Crippen LogP contribution is 2.29. The molecule has 0 radical (unpaired) electrons. The van der Waals surface area contributed by atoms with E-state index in [2.05, 4.69) is 10.3 Å². The van der Waals surface area contributed by atoms with Crippen molar-refractivity contribution in [3.8, 4) is 11.5 Å². The third kappa shape index (κ3) is 3.61. The number of hydrogen-bond acceptors (Lipinski definition) is 4. The average molecular weight is 292 g/mol. The average Bonchev–Trinajstić information content (AvgIpc) is 2.30. The van der Waals surface area contributed by atoms with E-state index in [0.29, 0.717) is 17.3 Å². The van der Waals surface area contributed by atoms with E-state index in [1.54, 1.807) is 24.3 Å². The van der Waals surface area contributed by atoms with Gasteiger partial charge in [-0.1, -0.05) is 11.6 Å². The van der Waals surface area contributed by atoms with E-state index < -0.39 is 0 Å². The quantitative estimate of drug-likeness (QED) is 0.850. The maximum atomic E-state index is 11.0. The molecule has 104 valence electrons. The third-order valence-electron chi connectivity index (χ3n) is 2.51. The molecule has 0 unspecified atom stereocenters. The summed E-state index contributed by atoms with van der Waals surface area (Å²) in [5.74, 6) is 1.34. The highest BCUT2D eigenvalue weighted by atomic mass is 35.5. The Morgan fingerprint density at radius 1 is 1.35 bits per heavy atom. The Bertz CT molecular complexity index is 639. The van der Waals surface area contributed by atoms with Crippen LogP contribution in [0.15, 0.2) is 30.3 Å². The molecule has 1 heterocycles. The number of rotatable bonds is 3. The first kappa shape index (κ1) is 14.1. The topological polar surface area (TPSA) is 77.2 Å². The number of nitrogen functional groups attached to an aromatic ring is 1. The number of ether oxygens (including phenoxy) is 1. The lowest BCUT2D eigenvalue weighted by atomic mass is 10.2. The minimum atomic E-state index is -0.119. The van der Waals surface area contributed by atoms with Crippen molar-refractivity contribution in [2.24, 2.45) is 0 Å². The van der Waals surface area contributed by atoms with Gasteiger partial charge >= 0.3 is 0 Å². The molecule has 0 bridgehead atoms. The molecular formula is C14H14ClN3O2. The summed E-state index contributed by atoms with van der Waals surface area (Å²) in [4.78, 5) is 14.9. The van der Waals surface area contributed by atoms with Crippen molar-refractivity contribution in [3.05, 3.63) is 41.0 Å². The first-order valence-electron chi connectivity index (χ1n) is 5.93. The predicted molar refractivity (Wildman–Crippen MR) is 79.2 cm³/mol. The third-order valence-corrected chi connectivity index (χ3v) is 2.70. The van der Waals surface area contributed by atoms with Gasteiger partial charge in [0.1, 0.15) is 22.5 Å². The lowest BCUT2D eigenvalue weighted by Gasteiger charge is -2.11. The van der Waals surface area contributed by atoms with E-state index in [4.69, 9.17) is 22.1 Å². The van der Waals surface area contributed by atoms with Gasteiger partial charge in [0.2, 0.25) is 5.91 Å². The second-order valence-corrected chi connectivity index (χ2v) is 4.70. The summed E-state index contributed by atoms with van der Waals surface area (Å²) >= 11 is 5.82. The molecule has 0 spiro atoms. The van der Waals surface area contributed by atoms with Gasteiger partial charge in [0.05, 0.1) is 0 Å². The Hall–Kier alpha value is -2.27. The van der Waals surface area contributed by atoms with Crippen molar-refractivity contribution in [1.82, 2.24) is 4.98 Å². The van der Waals surface area contributed by atoms with Crippen LogP contribution >= 0.6 is 11.6 Å². The minimum absolute atomic E-state index is 0.119. The molecule has 1 aromatic carbocycles. The van der Waals surface area contributed by atoms with E-state index in [1.807, 2.05) is 13.0 Å². The number of anilines is 2. The molecule has 0 saturated carbocycles. The van der Waals surface area contributed by atoms with Crippen molar-refractivity contribution in [1.29, 1.82) is 0 Å². The van der Waals surface area contributed by atoms with Gasteiger partial charge < -0.3 is 15.8 Å². The van der Waals surface area contributed by atoms with Crippen LogP contribution in [0.5, 0.6) is 11.5 Å². The number of amides is 1. The molecule has 5 nitrogen and oxygen atoms in total. The number of hydrogen-bond donors (Lipinski definition) is 2. The zero-order chi connectivity index (χ0) is 14.7. The molecule has 2 rings (SSSR count). The van der Waals surface area contributed by atoms with Gasteiger partial charge in [0.25, 0.3) is 0 Å². The van der Waals surface area contributed by atoms with Gasteiger partial charge in [0.15, 0.2) is 0 Å². The number of nitrogens with one attached hydrogen (secondary N) is 1. The van der Waals surface area contributed by atoms with E-state index in [9.17, 15) is 4.79 Å².